The first-order chi connectivity index (χ1) is 20.6. The van der Waals surface area contributed by atoms with Crippen molar-refractivity contribution in [2.45, 2.75) is 17.2 Å². The Hall–Kier alpha value is -5.62. The quantitative estimate of drug-likeness (QED) is 0.126. The number of nitrogens with one attached hydrogen (secondary N) is 3. The molecule has 4 aromatic carbocycles. The summed E-state index contributed by atoms with van der Waals surface area (Å²) in [4.78, 5) is 40.2. The Morgan fingerprint density at radius 3 is 2.12 bits per heavy atom. The summed E-state index contributed by atoms with van der Waals surface area (Å²) in [5.74, 6) is -0.448. The molecule has 0 amide bonds. The summed E-state index contributed by atoms with van der Waals surface area (Å²) in [6.07, 6.45) is 0.404. The minimum absolute atomic E-state index is 0.0507. The van der Waals surface area contributed by atoms with Crippen LogP contribution in [0.25, 0.3) is 22.1 Å². The van der Waals surface area contributed by atoms with E-state index in [9.17, 15) is 23.1 Å². The number of amidine groups is 1. The molecular formula is C31H24N6O5S. The van der Waals surface area contributed by atoms with Crippen LogP contribution >= 0.6 is 0 Å². The van der Waals surface area contributed by atoms with E-state index in [-0.39, 0.29) is 27.8 Å². The number of carbonyl (C=O) groups is 2. The molecule has 0 aliphatic carbocycles. The first-order valence-electron chi connectivity index (χ1n) is 13.1. The predicted octanol–water partition coefficient (Wildman–Crippen LogP) is 4.41. The molecule has 214 valence electrons. The van der Waals surface area contributed by atoms with E-state index in [2.05, 4.69) is 9.97 Å². The van der Waals surface area contributed by atoms with Crippen molar-refractivity contribution in [2.75, 3.05) is 0 Å². The smallest absolute Gasteiger partial charge is 0.335 e. The number of aromatic carboxylic acids is 1. The summed E-state index contributed by atoms with van der Waals surface area (Å²) in [7, 11) is -4.47. The van der Waals surface area contributed by atoms with E-state index in [1.807, 2.05) is 30.3 Å². The molecule has 0 aliphatic heterocycles. The van der Waals surface area contributed by atoms with E-state index in [0.717, 1.165) is 28.2 Å². The van der Waals surface area contributed by atoms with E-state index >= 15 is 0 Å². The van der Waals surface area contributed by atoms with Crippen molar-refractivity contribution in [3.05, 3.63) is 125 Å². The van der Waals surface area contributed by atoms with Crippen LogP contribution in [0, 0.1) is 5.41 Å². The number of carbonyl (C=O) groups excluding carboxylic acids is 1. The van der Waals surface area contributed by atoms with Gasteiger partial charge in [-0.25, -0.2) is 23.2 Å². The van der Waals surface area contributed by atoms with Crippen molar-refractivity contribution < 1.29 is 23.1 Å². The zero-order chi connectivity index (χ0) is 30.3. The van der Waals surface area contributed by atoms with Crippen molar-refractivity contribution in [2.24, 2.45) is 5.73 Å². The number of aromatic amines is 2. The minimum Gasteiger partial charge on any atom is -0.478 e. The zero-order valence-electron chi connectivity index (χ0n) is 22.4. The highest BCUT2D eigenvalue weighted by molar-refractivity contribution is 8.06. The van der Waals surface area contributed by atoms with Crippen LogP contribution in [0.2, 0.25) is 0 Å². The Bertz CT molecular complexity index is 2130. The van der Waals surface area contributed by atoms with Crippen molar-refractivity contribution in [3.63, 3.8) is 0 Å². The Morgan fingerprint density at radius 2 is 1.44 bits per heavy atom. The second kappa shape index (κ2) is 10.7. The van der Waals surface area contributed by atoms with Crippen molar-refractivity contribution in [3.8, 4) is 0 Å². The topological polar surface area (TPSA) is 196 Å². The van der Waals surface area contributed by atoms with Gasteiger partial charge in [0, 0.05) is 11.1 Å². The lowest BCUT2D eigenvalue weighted by Crippen LogP contribution is -2.16. The van der Waals surface area contributed by atoms with E-state index in [1.54, 1.807) is 24.3 Å². The van der Waals surface area contributed by atoms with Gasteiger partial charge in [-0.3, -0.25) is 10.2 Å². The molecule has 1 unspecified atom stereocenters. The van der Waals surface area contributed by atoms with Crippen LogP contribution in [0.3, 0.4) is 0 Å². The molecule has 6 N–H and O–H groups in total. The monoisotopic (exact) mass is 592 g/mol. The van der Waals surface area contributed by atoms with Gasteiger partial charge in [-0.05, 0) is 60.5 Å². The largest absolute Gasteiger partial charge is 0.478 e. The van der Waals surface area contributed by atoms with Crippen LogP contribution < -0.4 is 5.73 Å². The number of nitrogens with two attached hydrogens (primary N) is 1. The van der Waals surface area contributed by atoms with Gasteiger partial charge < -0.3 is 20.8 Å². The molecule has 2 heterocycles. The molecule has 0 radical (unpaired) electrons. The number of para-hydroxylation sites is 2. The molecule has 6 rings (SSSR count). The average Bonchev–Trinajstić information content (AvgIpc) is 3.63. The van der Waals surface area contributed by atoms with Gasteiger partial charge in [0.25, 0.3) is 5.12 Å². The Kier molecular flexibility index (Phi) is 6.82. The third kappa shape index (κ3) is 5.26. The number of benzene rings is 4. The van der Waals surface area contributed by atoms with Gasteiger partial charge in [0.1, 0.15) is 17.5 Å². The Morgan fingerprint density at radius 1 is 0.791 bits per heavy atom. The molecule has 11 nitrogen and oxygen atoms in total. The number of hydrogen-bond acceptors (Lipinski definition) is 7. The second-order valence-corrected chi connectivity index (χ2v) is 11.8. The normalized spacial score (nSPS) is 12.4. The number of sulfone groups is 1. The fourth-order valence-electron chi connectivity index (χ4n) is 4.89. The maximum Gasteiger partial charge on any atom is 0.335 e. The van der Waals surface area contributed by atoms with Crippen LogP contribution in [-0.4, -0.2) is 50.4 Å². The lowest BCUT2D eigenvalue weighted by Gasteiger charge is -2.13. The van der Waals surface area contributed by atoms with Gasteiger partial charge in [-0.2, -0.15) is 0 Å². The molecule has 12 heteroatoms. The fraction of sp³-hybridized carbons (Fsp3) is 0.0645. The molecule has 0 spiro atoms. The average molecular weight is 593 g/mol. The van der Waals surface area contributed by atoms with Crippen LogP contribution in [0.15, 0.2) is 95.9 Å². The highest BCUT2D eigenvalue weighted by atomic mass is 32.2. The summed E-state index contributed by atoms with van der Waals surface area (Å²) in [6.45, 7) is 0. The Labute approximate surface area is 244 Å². The number of carboxylic acids is 1. The van der Waals surface area contributed by atoms with Gasteiger partial charge in [0.2, 0.25) is 9.84 Å². The van der Waals surface area contributed by atoms with E-state index in [1.165, 1.54) is 30.3 Å². The molecule has 0 saturated carbocycles. The number of imidazole rings is 2. The lowest BCUT2D eigenvalue weighted by molar-refractivity contribution is 0.0696. The van der Waals surface area contributed by atoms with Gasteiger partial charge in [0.15, 0.2) is 0 Å². The molecule has 6 aromatic rings. The number of fused-ring (bicyclic) bond motifs is 2. The van der Waals surface area contributed by atoms with Crippen LogP contribution in [-0.2, 0) is 16.3 Å². The second-order valence-electron chi connectivity index (χ2n) is 9.98. The molecule has 2 aromatic heterocycles. The number of nitrogens with zero attached hydrogens (tertiary/aromatic N) is 2. The summed E-state index contributed by atoms with van der Waals surface area (Å²) in [6, 6.07) is 23.8. The number of carboxylic acid groups (broad SMARTS) is 1. The summed E-state index contributed by atoms with van der Waals surface area (Å²) in [5.41, 5.74) is 9.77. The Balaban J connectivity index is 1.33. The number of aromatic nitrogens is 4. The van der Waals surface area contributed by atoms with E-state index < -0.39 is 20.9 Å². The lowest BCUT2D eigenvalue weighted by atomic mass is 9.97. The predicted molar refractivity (Wildman–Crippen MR) is 160 cm³/mol. The number of H-pyrrole nitrogens is 2. The molecule has 0 bridgehead atoms. The molecule has 0 fully saturated rings. The minimum atomic E-state index is -4.47. The SMILES string of the molecule is N=C(N)c1ccc2[nH]c(C(Cc3ccc(C(=O)S(=O)(=O)c4cccc(C(=O)O)c4)cc3)c3nc4ccccc4[nH]3)nc2c1. The van der Waals surface area contributed by atoms with Crippen molar-refractivity contribution in [1.29, 1.82) is 5.41 Å². The maximum absolute atomic E-state index is 13.0. The summed E-state index contributed by atoms with van der Waals surface area (Å²) < 4.78 is 26.0. The first-order valence-corrected chi connectivity index (χ1v) is 14.6. The molecular weight excluding hydrogens is 568 g/mol. The third-order valence-corrected chi connectivity index (χ3v) is 8.74. The molecule has 0 saturated heterocycles. The molecule has 1 atom stereocenters. The van der Waals surface area contributed by atoms with E-state index in [0.29, 0.717) is 29.1 Å². The number of nitrogen functional groups attached to an aromatic ring is 1. The highest BCUT2D eigenvalue weighted by Gasteiger charge is 2.28. The molecule has 43 heavy (non-hydrogen) atoms. The zero-order valence-corrected chi connectivity index (χ0v) is 23.2. The maximum atomic E-state index is 13.0. The van der Waals surface area contributed by atoms with Gasteiger partial charge in [-0.15, -0.1) is 0 Å². The van der Waals surface area contributed by atoms with Crippen molar-refractivity contribution >= 4 is 48.8 Å². The summed E-state index contributed by atoms with van der Waals surface area (Å²) in [5, 5.41) is 15.8. The van der Waals surface area contributed by atoms with Crippen molar-refractivity contribution in [1.82, 2.24) is 19.9 Å². The van der Waals surface area contributed by atoms with Crippen LogP contribution in [0.5, 0.6) is 0 Å². The van der Waals surface area contributed by atoms with Gasteiger partial charge in [-0.1, -0.05) is 42.5 Å². The third-order valence-electron chi connectivity index (χ3n) is 7.15. The number of hydrogen-bond donors (Lipinski definition) is 5. The van der Waals surface area contributed by atoms with Crippen LogP contribution in [0.4, 0.5) is 0 Å². The standard InChI is InChI=1S/C31H24N6O5S/c32-27(33)19-12-13-25-26(16-19)37-29(36-25)22(28-34-23-6-1-2-7-24(23)35-28)14-17-8-10-18(11-9-17)31(40)43(41,42)21-5-3-4-20(15-21)30(38)39/h1-13,15-16,22H,14H2,(H3,32,33)(H,34,35)(H,36,37)(H,38,39). The van der Waals surface area contributed by atoms with Crippen LogP contribution in [0.1, 0.15) is 49.4 Å². The number of rotatable bonds is 8. The van der Waals surface area contributed by atoms with Gasteiger partial charge in [0.05, 0.1) is 38.4 Å². The van der Waals surface area contributed by atoms with E-state index in [4.69, 9.17) is 21.1 Å². The summed E-state index contributed by atoms with van der Waals surface area (Å²) >= 11 is 0. The highest BCUT2D eigenvalue weighted by Crippen LogP contribution is 2.29. The first kappa shape index (κ1) is 27.5. The van der Waals surface area contributed by atoms with Gasteiger partial charge >= 0.3 is 5.97 Å². The fourth-order valence-corrected chi connectivity index (χ4v) is 6.09. The molecule has 0 aliphatic rings.